The summed E-state index contributed by atoms with van der Waals surface area (Å²) in [6, 6.07) is 1.76. The lowest BCUT2D eigenvalue weighted by Gasteiger charge is -2.47. The standard InChI is InChI=1S/C15H29N3O/c1-11(10-16)6-7-15(19)17-12-8-13-4-3-5-14(9-12)18(13)2/h11-14H,3-10,16H2,1-2H3,(H,17,19). The molecular formula is C15H29N3O. The molecule has 2 rings (SSSR count). The van der Waals surface area contributed by atoms with Crippen molar-refractivity contribution in [2.45, 2.75) is 70.0 Å². The molecule has 0 radical (unpaired) electrons. The minimum Gasteiger partial charge on any atom is -0.353 e. The summed E-state index contributed by atoms with van der Waals surface area (Å²) in [5.74, 6) is 0.663. The highest BCUT2D eigenvalue weighted by Gasteiger charge is 2.36. The Morgan fingerprint density at radius 3 is 2.58 bits per heavy atom. The van der Waals surface area contributed by atoms with Gasteiger partial charge in [-0.1, -0.05) is 13.3 Å². The molecular weight excluding hydrogens is 238 g/mol. The third-order valence-electron chi connectivity index (χ3n) is 4.97. The van der Waals surface area contributed by atoms with Crippen LogP contribution >= 0.6 is 0 Å². The van der Waals surface area contributed by atoms with Crippen LogP contribution in [0.1, 0.15) is 51.9 Å². The average molecular weight is 267 g/mol. The summed E-state index contributed by atoms with van der Waals surface area (Å²) in [6.45, 7) is 2.78. The monoisotopic (exact) mass is 267 g/mol. The van der Waals surface area contributed by atoms with Gasteiger partial charge in [-0.25, -0.2) is 0 Å². The summed E-state index contributed by atoms with van der Waals surface area (Å²) < 4.78 is 0. The number of nitrogens with one attached hydrogen (secondary N) is 1. The van der Waals surface area contributed by atoms with Crippen LogP contribution < -0.4 is 11.1 Å². The Morgan fingerprint density at radius 2 is 2.00 bits per heavy atom. The smallest absolute Gasteiger partial charge is 0.220 e. The topological polar surface area (TPSA) is 58.4 Å². The Bertz CT molecular complexity index is 294. The van der Waals surface area contributed by atoms with Gasteiger partial charge in [-0.15, -0.1) is 0 Å². The van der Waals surface area contributed by atoms with E-state index in [1.807, 2.05) is 0 Å². The van der Waals surface area contributed by atoms with Crippen LogP contribution in [0.25, 0.3) is 0 Å². The largest absolute Gasteiger partial charge is 0.353 e. The molecule has 2 aliphatic rings. The highest BCUT2D eigenvalue weighted by atomic mass is 16.1. The quantitative estimate of drug-likeness (QED) is 0.793. The van der Waals surface area contributed by atoms with Gasteiger partial charge in [0, 0.05) is 24.5 Å². The van der Waals surface area contributed by atoms with E-state index in [0.717, 1.165) is 19.3 Å². The first-order valence-electron chi connectivity index (χ1n) is 7.81. The van der Waals surface area contributed by atoms with Crippen molar-refractivity contribution < 1.29 is 4.79 Å². The molecule has 4 nitrogen and oxygen atoms in total. The molecule has 1 amide bonds. The molecule has 0 aromatic rings. The second-order valence-electron chi connectivity index (χ2n) is 6.52. The van der Waals surface area contributed by atoms with E-state index in [0.29, 0.717) is 37.0 Å². The Morgan fingerprint density at radius 1 is 1.37 bits per heavy atom. The molecule has 0 spiro atoms. The van der Waals surface area contributed by atoms with E-state index in [9.17, 15) is 4.79 Å². The number of hydrogen-bond donors (Lipinski definition) is 2. The van der Waals surface area contributed by atoms with Crippen LogP contribution in [-0.4, -0.2) is 42.5 Å². The fourth-order valence-corrected chi connectivity index (χ4v) is 3.53. The number of carbonyl (C=O) groups is 1. The van der Waals surface area contributed by atoms with Gasteiger partial charge >= 0.3 is 0 Å². The first kappa shape index (κ1) is 14.8. The minimum absolute atomic E-state index is 0.216. The summed E-state index contributed by atoms with van der Waals surface area (Å²) in [4.78, 5) is 14.5. The van der Waals surface area contributed by atoms with E-state index in [1.54, 1.807) is 0 Å². The molecule has 2 aliphatic heterocycles. The molecule has 4 heteroatoms. The van der Waals surface area contributed by atoms with Crippen molar-refractivity contribution in [1.29, 1.82) is 0 Å². The van der Waals surface area contributed by atoms with Gasteiger partial charge in [-0.05, 0) is 51.6 Å². The molecule has 2 saturated heterocycles. The molecule has 2 bridgehead atoms. The van der Waals surface area contributed by atoms with Crippen molar-refractivity contribution in [3.63, 3.8) is 0 Å². The molecule has 3 atom stereocenters. The van der Waals surface area contributed by atoms with Crippen LogP contribution in [0.15, 0.2) is 0 Å². The van der Waals surface area contributed by atoms with Crippen LogP contribution in [0.3, 0.4) is 0 Å². The second kappa shape index (κ2) is 6.71. The SMILES string of the molecule is CC(CN)CCC(=O)NC1CC2CCCC(C1)N2C. The summed E-state index contributed by atoms with van der Waals surface area (Å²) in [6.07, 6.45) is 7.74. The normalized spacial score (nSPS) is 32.9. The molecule has 0 aliphatic carbocycles. The number of amides is 1. The zero-order valence-corrected chi connectivity index (χ0v) is 12.4. The first-order chi connectivity index (χ1) is 9.10. The summed E-state index contributed by atoms with van der Waals surface area (Å²) in [5, 5.41) is 3.24. The van der Waals surface area contributed by atoms with Crippen LogP contribution in [0.2, 0.25) is 0 Å². The van der Waals surface area contributed by atoms with Crippen molar-refractivity contribution >= 4 is 5.91 Å². The molecule has 0 aromatic heterocycles. The Balaban J connectivity index is 1.76. The van der Waals surface area contributed by atoms with Crippen molar-refractivity contribution in [2.75, 3.05) is 13.6 Å². The fourth-order valence-electron chi connectivity index (χ4n) is 3.53. The Labute approximate surface area is 117 Å². The maximum atomic E-state index is 12.0. The second-order valence-corrected chi connectivity index (χ2v) is 6.52. The van der Waals surface area contributed by atoms with Gasteiger partial charge in [0.05, 0.1) is 0 Å². The molecule has 110 valence electrons. The molecule has 2 fully saturated rings. The van der Waals surface area contributed by atoms with E-state index in [1.165, 1.54) is 19.3 Å². The maximum Gasteiger partial charge on any atom is 0.220 e. The van der Waals surface area contributed by atoms with E-state index >= 15 is 0 Å². The van der Waals surface area contributed by atoms with Crippen LogP contribution in [0, 0.1) is 5.92 Å². The van der Waals surface area contributed by atoms with Gasteiger partial charge in [-0.3, -0.25) is 4.79 Å². The number of rotatable bonds is 5. The highest BCUT2D eigenvalue weighted by Crippen LogP contribution is 2.32. The lowest BCUT2D eigenvalue weighted by Crippen LogP contribution is -2.55. The molecule has 2 heterocycles. The first-order valence-corrected chi connectivity index (χ1v) is 7.81. The highest BCUT2D eigenvalue weighted by molar-refractivity contribution is 5.76. The number of hydrogen-bond acceptors (Lipinski definition) is 3. The van der Waals surface area contributed by atoms with E-state index in [4.69, 9.17) is 5.73 Å². The number of piperidine rings is 2. The van der Waals surface area contributed by atoms with E-state index in [-0.39, 0.29) is 5.91 Å². The fraction of sp³-hybridized carbons (Fsp3) is 0.933. The van der Waals surface area contributed by atoms with E-state index in [2.05, 4.69) is 24.2 Å². The summed E-state index contributed by atoms with van der Waals surface area (Å²) in [5.41, 5.74) is 5.58. The number of fused-ring (bicyclic) bond motifs is 2. The predicted octanol–water partition coefficient (Wildman–Crippen LogP) is 1.49. The number of carbonyl (C=O) groups excluding carboxylic acids is 1. The summed E-state index contributed by atoms with van der Waals surface area (Å²) >= 11 is 0. The average Bonchev–Trinajstić information content (AvgIpc) is 2.37. The molecule has 3 unspecified atom stereocenters. The maximum absolute atomic E-state index is 12.0. The molecule has 19 heavy (non-hydrogen) atoms. The lowest BCUT2D eigenvalue weighted by molar-refractivity contribution is -0.122. The molecule has 3 N–H and O–H groups in total. The van der Waals surface area contributed by atoms with Crippen molar-refractivity contribution in [3.8, 4) is 0 Å². The van der Waals surface area contributed by atoms with Crippen molar-refractivity contribution in [3.05, 3.63) is 0 Å². The Hall–Kier alpha value is -0.610. The molecule has 0 saturated carbocycles. The molecule has 0 aromatic carbocycles. The van der Waals surface area contributed by atoms with Crippen LogP contribution in [0.4, 0.5) is 0 Å². The predicted molar refractivity (Wildman–Crippen MR) is 77.8 cm³/mol. The van der Waals surface area contributed by atoms with Crippen LogP contribution in [-0.2, 0) is 4.79 Å². The van der Waals surface area contributed by atoms with Gasteiger partial charge in [-0.2, -0.15) is 0 Å². The van der Waals surface area contributed by atoms with Gasteiger partial charge in [0.25, 0.3) is 0 Å². The zero-order valence-electron chi connectivity index (χ0n) is 12.4. The van der Waals surface area contributed by atoms with Gasteiger partial charge < -0.3 is 16.0 Å². The number of nitrogens with zero attached hydrogens (tertiary/aromatic N) is 1. The van der Waals surface area contributed by atoms with Gasteiger partial charge in [0.1, 0.15) is 0 Å². The lowest BCUT2D eigenvalue weighted by atomic mass is 9.82. The van der Waals surface area contributed by atoms with Gasteiger partial charge in [0.2, 0.25) is 5.91 Å². The van der Waals surface area contributed by atoms with Crippen molar-refractivity contribution in [1.82, 2.24) is 10.2 Å². The zero-order chi connectivity index (χ0) is 13.8. The minimum atomic E-state index is 0.216. The third-order valence-corrected chi connectivity index (χ3v) is 4.97. The van der Waals surface area contributed by atoms with Crippen molar-refractivity contribution in [2.24, 2.45) is 11.7 Å². The number of nitrogens with two attached hydrogens (primary N) is 1. The van der Waals surface area contributed by atoms with Gasteiger partial charge in [0.15, 0.2) is 0 Å². The van der Waals surface area contributed by atoms with E-state index < -0.39 is 0 Å². The summed E-state index contributed by atoms with van der Waals surface area (Å²) in [7, 11) is 2.25. The third kappa shape index (κ3) is 3.93. The Kier molecular flexibility index (Phi) is 5.22. The van der Waals surface area contributed by atoms with Crippen LogP contribution in [0.5, 0.6) is 0 Å².